The van der Waals surface area contributed by atoms with Gasteiger partial charge in [-0.05, 0) is 38.8 Å². The van der Waals surface area contributed by atoms with Crippen molar-refractivity contribution in [3.8, 4) is 0 Å². The lowest BCUT2D eigenvalue weighted by molar-refractivity contribution is 0.0608. The van der Waals surface area contributed by atoms with Crippen LogP contribution in [0, 0.1) is 13.8 Å². The van der Waals surface area contributed by atoms with Crippen LogP contribution in [0.5, 0.6) is 0 Å². The molecule has 2 atom stereocenters. The summed E-state index contributed by atoms with van der Waals surface area (Å²) in [5.41, 5.74) is 7.35. The van der Waals surface area contributed by atoms with E-state index in [1.807, 2.05) is 11.8 Å². The molecule has 1 aromatic rings. The average molecular weight is 253 g/mol. The lowest BCUT2D eigenvalue weighted by atomic mass is 10.0. The third kappa shape index (κ3) is 4.70. The van der Waals surface area contributed by atoms with E-state index in [0.717, 1.165) is 0 Å². The molecule has 3 N–H and O–H groups in total. The largest absolute Gasteiger partial charge is 0.389 e. The molecular weight excluding hydrogens is 230 g/mol. The van der Waals surface area contributed by atoms with Crippen molar-refractivity contribution in [1.29, 1.82) is 0 Å². The summed E-state index contributed by atoms with van der Waals surface area (Å²) in [6.45, 7) is 8.47. The zero-order chi connectivity index (χ0) is 13.1. The molecule has 0 aliphatic carbocycles. The molecule has 0 fully saturated rings. The van der Waals surface area contributed by atoms with Gasteiger partial charge < -0.3 is 10.8 Å². The molecule has 0 saturated heterocycles. The average Bonchev–Trinajstić information content (AvgIpc) is 2.23. The van der Waals surface area contributed by atoms with Crippen molar-refractivity contribution in [3.63, 3.8) is 0 Å². The molecule has 2 nitrogen and oxygen atoms in total. The Labute approximate surface area is 109 Å². The molecule has 1 rings (SSSR count). The first-order chi connectivity index (χ1) is 7.84. The third-order valence-corrected chi connectivity index (χ3v) is 4.10. The van der Waals surface area contributed by atoms with Gasteiger partial charge in [-0.25, -0.2) is 0 Å². The molecule has 3 heteroatoms. The van der Waals surface area contributed by atoms with Crippen LogP contribution in [0.1, 0.15) is 31.4 Å². The Balaban J connectivity index is 2.68. The Kier molecular flexibility index (Phi) is 5.04. The van der Waals surface area contributed by atoms with E-state index in [-0.39, 0.29) is 0 Å². The lowest BCUT2D eigenvalue weighted by Crippen LogP contribution is -2.36. The standard InChI is InChI=1S/C14H23NOS/c1-10-5-6-11(2)13(7-10)17-12(3)8-14(4,16)9-15/h5-7,12,16H,8-9,15H2,1-4H3. The van der Waals surface area contributed by atoms with E-state index in [9.17, 15) is 5.11 Å². The van der Waals surface area contributed by atoms with Crippen LogP contribution < -0.4 is 5.73 Å². The highest BCUT2D eigenvalue weighted by atomic mass is 32.2. The Bertz CT molecular complexity index is 376. The molecule has 1 aromatic carbocycles. The van der Waals surface area contributed by atoms with Crippen LogP contribution in [0.2, 0.25) is 0 Å². The number of benzene rings is 1. The Morgan fingerprint density at radius 1 is 1.41 bits per heavy atom. The predicted molar refractivity (Wildman–Crippen MR) is 75.5 cm³/mol. The first-order valence-corrected chi connectivity index (χ1v) is 6.88. The number of thioether (sulfide) groups is 1. The molecule has 0 spiro atoms. The first-order valence-electron chi connectivity index (χ1n) is 6.00. The Hall–Kier alpha value is -0.510. The summed E-state index contributed by atoms with van der Waals surface area (Å²) in [7, 11) is 0. The quantitative estimate of drug-likeness (QED) is 0.793. The van der Waals surface area contributed by atoms with Gasteiger partial charge in [0.05, 0.1) is 5.60 Å². The number of aryl methyl sites for hydroxylation is 2. The van der Waals surface area contributed by atoms with Crippen LogP contribution in [0.4, 0.5) is 0 Å². The number of aliphatic hydroxyl groups is 1. The van der Waals surface area contributed by atoms with Crippen molar-refractivity contribution in [2.24, 2.45) is 5.73 Å². The lowest BCUT2D eigenvalue weighted by Gasteiger charge is -2.25. The van der Waals surface area contributed by atoms with E-state index in [0.29, 0.717) is 18.2 Å². The number of hydrogen-bond donors (Lipinski definition) is 2. The van der Waals surface area contributed by atoms with Crippen molar-refractivity contribution >= 4 is 11.8 Å². The van der Waals surface area contributed by atoms with E-state index in [1.165, 1.54) is 16.0 Å². The van der Waals surface area contributed by atoms with E-state index in [2.05, 4.69) is 39.0 Å². The molecule has 96 valence electrons. The highest BCUT2D eigenvalue weighted by molar-refractivity contribution is 8.00. The van der Waals surface area contributed by atoms with Crippen molar-refractivity contribution in [1.82, 2.24) is 0 Å². The molecule has 0 radical (unpaired) electrons. The zero-order valence-electron chi connectivity index (χ0n) is 11.2. The highest BCUT2D eigenvalue weighted by Crippen LogP contribution is 2.31. The second kappa shape index (κ2) is 5.89. The molecule has 0 heterocycles. The fourth-order valence-corrected chi connectivity index (χ4v) is 3.18. The van der Waals surface area contributed by atoms with Crippen LogP contribution >= 0.6 is 11.8 Å². The normalized spacial score (nSPS) is 16.6. The number of hydrogen-bond acceptors (Lipinski definition) is 3. The molecule has 0 aliphatic rings. The summed E-state index contributed by atoms with van der Waals surface area (Å²) in [4.78, 5) is 1.30. The number of nitrogens with two attached hydrogens (primary N) is 1. The summed E-state index contributed by atoms with van der Waals surface area (Å²) in [6, 6.07) is 6.47. The molecule has 0 saturated carbocycles. The van der Waals surface area contributed by atoms with E-state index >= 15 is 0 Å². The van der Waals surface area contributed by atoms with Crippen molar-refractivity contribution in [2.45, 2.75) is 49.9 Å². The minimum atomic E-state index is -0.760. The minimum Gasteiger partial charge on any atom is -0.389 e. The monoisotopic (exact) mass is 253 g/mol. The Morgan fingerprint density at radius 2 is 2.06 bits per heavy atom. The molecule has 0 bridgehead atoms. The maximum atomic E-state index is 9.96. The van der Waals surface area contributed by atoms with Gasteiger partial charge in [-0.2, -0.15) is 0 Å². The van der Waals surface area contributed by atoms with E-state index < -0.39 is 5.60 Å². The summed E-state index contributed by atoms with van der Waals surface area (Å²) in [5.74, 6) is 0. The molecule has 0 amide bonds. The van der Waals surface area contributed by atoms with Crippen molar-refractivity contribution in [2.75, 3.05) is 6.54 Å². The second-order valence-electron chi connectivity index (χ2n) is 5.10. The van der Waals surface area contributed by atoms with Crippen molar-refractivity contribution in [3.05, 3.63) is 29.3 Å². The summed E-state index contributed by atoms with van der Waals surface area (Å²) in [5, 5.41) is 10.3. The highest BCUT2D eigenvalue weighted by Gasteiger charge is 2.22. The predicted octanol–water partition coefficient (Wildman–Crippen LogP) is 2.88. The van der Waals surface area contributed by atoms with Gasteiger partial charge in [0.2, 0.25) is 0 Å². The van der Waals surface area contributed by atoms with Crippen LogP contribution in [0.25, 0.3) is 0 Å². The topological polar surface area (TPSA) is 46.2 Å². The van der Waals surface area contributed by atoms with Gasteiger partial charge in [-0.1, -0.05) is 24.6 Å². The Morgan fingerprint density at radius 3 is 2.65 bits per heavy atom. The maximum absolute atomic E-state index is 9.96. The molecule has 0 aliphatic heterocycles. The molecule has 0 aromatic heterocycles. The summed E-state index contributed by atoms with van der Waals surface area (Å²) in [6.07, 6.45) is 0.710. The fourth-order valence-electron chi connectivity index (χ4n) is 1.80. The van der Waals surface area contributed by atoms with Gasteiger partial charge in [0.1, 0.15) is 0 Å². The fraction of sp³-hybridized carbons (Fsp3) is 0.571. The SMILES string of the molecule is Cc1ccc(C)c(SC(C)CC(C)(O)CN)c1. The zero-order valence-corrected chi connectivity index (χ0v) is 12.0. The van der Waals surface area contributed by atoms with Gasteiger partial charge in [0, 0.05) is 16.7 Å². The third-order valence-electron chi connectivity index (χ3n) is 2.84. The summed E-state index contributed by atoms with van der Waals surface area (Å²) < 4.78 is 0. The van der Waals surface area contributed by atoms with E-state index in [4.69, 9.17) is 5.73 Å². The molecule has 2 unspecified atom stereocenters. The van der Waals surface area contributed by atoms with Gasteiger partial charge in [-0.15, -0.1) is 11.8 Å². The van der Waals surface area contributed by atoms with Gasteiger partial charge >= 0.3 is 0 Å². The minimum absolute atomic E-state index is 0.310. The van der Waals surface area contributed by atoms with E-state index in [1.54, 1.807) is 6.92 Å². The van der Waals surface area contributed by atoms with Crippen LogP contribution in [0.3, 0.4) is 0 Å². The number of rotatable bonds is 5. The van der Waals surface area contributed by atoms with Crippen LogP contribution in [0.15, 0.2) is 23.1 Å². The maximum Gasteiger partial charge on any atom is 0.0752 e. The van der Waals surface area contributed by atoms with Crippen LogP contribution in [-0.2, 0) is 0 Å². The molecular formula is C14H23NOS. The van der Waals surface area contributed by atoms with Crippen LogP contribution in [-0.4, -0.2) is 22.5 Å². The van der Waals surface area contributed by atoms with Gasteiger partial charge in [-0.3, -0.25) is 0 Å². The van der Waals surface area contributed by atoms with Crippen molar-refractivity contribution < 1.29 is 5.11 Å². The smallest absolute Gasteiger partial charge is 0.0752 e. The van der Waals surface area contributed by atoms with Gasteiger partial charge in [0.25, 0.3) is 0 Å². The summed E-state index contributed by atoms with van der Waals surface area (Å²) >= 11 is 1.81. The first kappa shape index (κ1) is 14.6. The molecule has 17 heavy (non-hydrogen) atoms. The van der Waals surface area contributed by atoms with Gasteiger partial charge in [0.15, 0.2) is 0 Å². The second-order valence-corrected chi connectivity index (χ2v) is 6.58.